The van der Waals surface area contributed by atoms with E-state index in [1.807, 2.05) is 37.3 Å². The number of benzene rings is 3. The zero-order valence-electron chi connectivity index (χ0n) is 18.5. The van der Waals surface area contributed by atoms with Gasteiger partial charge in [0.25, 0.3) is 0 Å². The largest absolute Gasteiger partial charge is 0.456 e. The number of allylic oxidation sites excluding steroid dienone is 5. The van der Waals surface area contributed by atoms with Gasteiger partial charge in [-0.15, -0.1) is 27.9 Å². The van der Waals surface area contributed by atoms with Gasteiger partial charge in [-0.25, -0.2) is 0 Å². The molecule has 10 radical (unpaired) electrons. The summed E-state index contributed by atoms with van der Waals surface area (Å²) >= 11 is 0. The summed E-state index contributed by atoms with van der Waals surface area (Å²) in [6.07, 6.45) is 0. The molecule has 0 atom stereocenters. The number of hydrogen-bond acceptors (Lipinski definition) is 1. The van der Waals surface area contributed by atoms with E-state index in [-0.39, 0.29) is 16.4 Å². The fourth-order valence-electron chi connectivity index (χ4n) is 4.51. The van der Waals surface area contributed by atoms with Gasteiger partial charge in [0.15, 0.2) is 0 Å². The fraction of sp³-hybridized carbons (Fsp3) is 0.0769. The number of aromatic nitrogens is 1. The first-order valence-corrected chi connectivity index (χ1v) is 10.6. The first-order chi connectivity index (χ1) is 15.8. The van der Waals surface area contributed by atoms with Crippen LogP contribution in [-0.4, -0.2) is 43.8 Å². The Bertz CT molecular complexity index is 1680. The second kappa shape index (κ2) is 7.99. The van der Waals surface area contributed by atoms with Crippen LogP contribution in [-0.2, 0) is 7.05 Å². The lowest BCUT2D eigenvalue weighted by molar-refractivity contribution is 0.669. The molecule has 5 rings (SSSR count). The highest BCUT2D eigenvalue weighted by atomic mass is 16.3. The molecule has 0 saturated heterocycles. The minimum Gasteiger partial charge on any atom is -0.456 e. The lowest BCUT2D eigenvalue weighted by Gasteiger charge is -2.15. The maximum atomic E-state index is 6.35. The molecule has 0 aliphatic heterocycles. The van der Waals surface area contributed by atoms with Gasteiger partial charge in [0.2, 0.25) is 0 Å². The Labute approximate surface area is 199 Å². The molecule has 2 heterocycles. The molecule has 0 N–H and O–H groups in total. The smallest absolute Gasteiger partial charge is 0.137 e. The predicted octanol–water partition coefficient (Wildman–Crippen LogP) is 4.86. The molecule has 0 fully saturated rings. The van der Waals surface area contributed by atoms with Crippen LogP contribution in [0.15, 0.2) is 86.9 Å². The second-order valence-corrected chi connectivity index (χ2v) is 8.21. The van der Waals surface area contributed by atoms with Gasteiger partial charge in [-0.05, 0) is 42.8 Å². The van der Waals surface area contributed by atoms with Crippen molar-refractivity contribution >= 4 is 88.5 Å². The van der Waals surface area contributed by atoms with E-state index >= 15 is 0 Å². The predicted molar refractivity (Wildman–Crippen MR) is 144 cm³/mol. The summed E-state index contributed by atoms with van der Waals surface area (Å²) in [7, 11) is 31.8. The van der Waals surface area contributed by atoms with Gasteiger partial charge in [0, 0.05) is 28.7 Å². The Morgan fingerprint density at radius 3 is 2.33 bits per heavy atom. The summed E-state index contributed by atoms with van der Waals surface area (Å²) in [5.74, 6) is 1.20. The van der Waals surface area contributed by atoms with Gasteiger partial charge in [-0.3, -0.25) is 0 Å². The molecule has 0 spiro atoms. The molecule has 0 aliphatic carbocycles. The number of furan rings is 1. The van der Waals surface area contributed by atoms with Crippen molar-refractivity contribution in [3.05, 3.63) is 88.0 Å². The van der Waals surface area contributed by atoms with Crippen LogP contribution < -0.4 is 0 Å². The number of aryl methyl sites for hydroxylation is 1. The highest BCUT2D eigenvalue weighted by Gasteiger charge is 2.17. The summed E-state index contributed by atoms with van der Waals surface area (Å²) in [4.78, 5) is 0. The molecule has 33 heavy (non-hydrogen) atoms. The topological polar surface area (TPSA) is 18.1 Å². The number of nitrogens with zero attached hydrogens (tertiary/aromatic N) is 1. The third-order valence-corrected chi connectivity index (χ3v) is 6.41. The number of para-hydroxylation sites is 1. The number of hydrogen-bond donors (Lipinski definition) is 0. The molecule has 0 aliphatic rings. The van der Waals surface area contributed by atoms with E-state index in [2.05, 4.69) is 35.9 Å². The quantitative estimate of drug-likeness (QED) is 0.306. The van der Waals surface area contributed by atoms with Crippen LogP contribution in [0.1, 0.15) is 12.5 Å². The zero-order valence-corrected chi connectivity index (χ0v) is 18.5. The molecular formula is C26H16B5NO. The number of rotatable bonds is 3. The molecule has 0 unspecified atom stereocenters. The summed E-state index contributed by atoms with van der Waals surface area (Å²) in [6, 6.07) is 18.5. The van der Waals surface area contributed by atoms with Crippen molar-refractivity contribution in [3.8, 4) is 0 Å². The van der Waals surface area contributed by atoms with Crippen LogP contribution in [0.25, 0.3) is 49.3 Å². The number of fused-ring (bicyclic) bond motifs is 7. The lowest BCUT2D eigenvalue weighted by Crippen LogP contribution is -2.02. The molecule has 0 bridgehead atoms. The van der Waals surface area contributed by atoms with E-state index in [4.69, 9.17) is 43.6 Å². The maximum Gasteiger partial charge on any atom is 0.137 e. The first-order valence-electron chi connectivity index (χ1n) is 10.6. The van der Waals surface area contributed by atoms with Gasteiger partial charge in [0.05, 0.1) is 10.9 Å². The minimum atomic E-state index is 0.162. The molecule has 0 amide bonds. The van der Waals surface area contributed by atoms with Crippen molar-refractivity contribution in [1.29, 1.82) is 0 Å². The first kappa shape index (κ1) is 21.6. The molecule has 2 aromatic heterocycles. The molecule has 146 valence electrons. The van der Waals surface area contributed by atoms with E-state index in [0.29, 0.717) is 5.47 Å². The Morgan fingerprint density at radius 1 is 0.818 bits per heavy atom. The minimum absolute atomic E-state index is 0.162. The van der Waals surface area contributed by atoms with Gasteiger partial charge in [-0.1, -0.05) is 29.8 Å². The average Bonchev–Trinajstić information content (AvgIpc) is 3.36. The van der Waals surface area contributed by atoms with E-state index in [1.54, 1.807) is 0 Å². The second-order valence-electron chi connectivity index (χ2n) is 8.21. The van der Waals surface area contributed by atoms with E-state index in [0.717, 1.165) is 54.9 Å². The molecule has 3 aromatic carbocycles. The summed E-state index contributed by atoms with van der Waals surface area (Å²) < 4.78 is 8.30. The SMILES string of the molecule is [B]/C=C([B])/C([B])=C([B])\C([B])=C(/C)c1ccc2c(c1)c1ccc3oc4ccccc4c3c1n2C. The van der Waals surface area contributed by atoms with Crippen LogP contribution >= 0.6 is 0 Å². The van der Waals surface area contributed by atoms with Crippen LogP contribution in [0.3, 0.4) is 0 Å². The van der Waals surface area contributed by atoms with E-state index in [1.165, 1.54) is 5.98 Å². The van der Waals surface area contributed by atoms with Crippen LogP contribution in [0.5, 0.6) is 0 Å². The van der Waals surface area contributed by atoms with Crippen LogP contribution in [0.2, 0.25) is 0 Å². The Kier molecular flexibility index (Phi) is 5.24. The summed E-state index contributed by atoms with van der Waals surface area (Å²) in [5.41, 5.74) is 6.64. The highest BCUT2D eigenvalue weighted by molar-refractivity contribution is 6.47. The molecule has 5 aromatic rings. The Hall–Kier alpha value is -3.20. The van der Waals surface area contributed by atoms with Crippen molar-refractivity contribution in [2.75, 3.05) is 0 Å². The molecule has 2 nitrogen and oxygen atoms in total. The Balaban J connectivity index is 1.78. The molecule has 7 heteroatoms. The van der Waals surface area contributed by atoms with Crippen LogP contribution in [0, 0.1) is 0 Å². The molecular weight excluding hydrogens is 396 g/mol. The van der Waals surface area contributed by atoms with Gasteiger partial charge in [-0.2, -0.15) is 0 Å². The van der Waals surface area contributed by atoms with Crippen molar-refractivity contribution in [2.24, 2.45) is 7.05 Å². The highest BCUT2D eigenvalue weighted by Crippen LogP contribution is 2.39. The summed E-state index contributed by atoms with van der Waals surface area (Å²) in [5, 5.41) is 4.46. The normalized spacial score (nSPS) is 14.3. The third kappa shape index (κ3) is 3.25. The lowest BCUT2D eigenvalue weighted by atomic mass is 9.63. The monoisotopic (exact) mass is 413 g/mol. The van der Waals surface area contributed by atoms with Crippen LogP contribution in [0.4, 0.5) is 0 Å². The molecule has 0 saturated carbocycles. The van der Waals surface area contributed by atoms with Crippen molar-refractivity contribution < 1.29 is 4.42 Å². The summed E-state index contributed by atoms with van der Waals surface area (Å²) in [6.45, 7) is 1.91. The van der Waals surface area contributed by atoms with Crippen molar-refractivity contribution in [2.45, 2.75) is 6.92 Å². The van der Waals surface area contributed by atoms with Crippen molar-refractivity contribution in [1.82, 2.24) is 4.57 Å². The standard InChI is InChI=1S/C26H16B5NO/c1-13(23(29)25(31)24(30)18(28)12-27)14-7-9-19-17(11-14)15-8-10-21-22(26(15)32(19)2)16-5-3-4-6-20(16)33-21/h3-12H,1-2H3/b18-12-,23-13-,25-24-. The zero-order chi connectivity index (χ0) is 23.4. The van der Waals surface area contributed by atoms with Crippen molar-refractivity contribution in [3.63, 3.8) is 0 Å². The van der Waals surface area contributed by atoms with E-state index < -0.39 is 0 Å². The van der Waals surface area contributed by atoms with Gasteiger partial charge >= 0.3 is 0 Å². The third-order valence-electron chi connectivity index (χ3n) is 6.41. The van der Waals surface area contributed by atoms with E-state index in [9.17, 15) is 0 Å². The van der Waals surface area contributed by atoms with Gasteiger partial charge < -0.3 is 8.98 Å². The average molecular weight is 412 g/mol. The fourth-order valence-corrected chi connectivity index (χ4v) is 4.51. The van der Waals surface area contributed by atoms with Gasteiger partial charge in [0.1, 0.15) is 50.4 Å². The maximum absolute atomic E-state index is 6.35. The Morgan fingerprint density at radius 2 is 1.58 bits per heavy atom.